The maximum absolute atomic E-state index is 5.68. The third-order valence-electron chi connectivity index (χ3n) is 3.46. The Labute approximate surface area is 128 Å². The van der Waals surface area contributed by atoms with E-state index < -0.39 is 0 Å². The van der Waals surface area contributed by atoms with Crippen LogP contribution in [-0.2, 0) is 0 Å². The Hall–Kier alpha value is -1.86. The minimum atomic E-state index is 0.290. The number of hydrogen-bond donors (Lipinski definition) is 2. The molecule has 1 unspecified atom stereocenters. The molecule has 1 atom stereocenters. The smallest absolute Gasteiger partial charge is 0.204 e. The largest absolute Gasteiger partial charge is 0.485 e. The van der Waals surface area contributed by atoms with Crippen molar-refractivity contribution in [3.8, 4) is 5.75 Å². The van der Waals surface area contributed by atoms with Crippen LogP contribution in [0.1, 0.15) is 11.6 Å². The highest BCUT2D eigenvalue weighted by Crippen LogP contribution is 2.32. The quantitative estimate of drug-likeness (QED) is 0.881. The van der Waals surface area contributed by atoms with E-state index in [-0.39, 0.29) is 0 Å². The molecule has 0 radical (unpaired) electrons. The predicted molar refractivity (Wildman–Crippen MR) is 85.3 cm³/mol. The van der Waals surface area contributed by atoms with Gasteiger partial charge in [0.15, 0.2) is 11.6 Å². The first kappa shape index (κ1) is 14.1. The molecular weight excluding hydrogens is 286 g/mol. The first-order chi connectivity index (χ1) is 10.3. The van der Waals surface area contributed by atoms with E-state index in [1.54, 1.807) is 17.7 Å². The van der Waals surface area contributed by atoms with Crippen molar-refractivity contribution in [3.63, 3.8) is 0 Å². The van der Waals surface area contributed by atoms with Gasteiger partial charge in [-0.15, -0.1) is 0 Å². The molecule has 3 rings (SSSR count). The van der Waals surface area contributed by atoms with Gasteiger partial charge in [0.1, 0.15) is 12.9 Å². The Morgan fingerprint density at radius 1 is 1.48 bits per heavy atom. The fourth-order valence-corrected chi connectivity index (χ4v) is 3.05. The van der Waals surface area contributed by atoms with Gasteiger partial charge in [0.05, 0.1) is 12.6 Å². The summed E-state index contributed by atoms with van der Waals surface area (Å²) in [4.78, 5) is 10.7. The minimum Gasteiger partial charge on any atom is -0.485 e. The van der Waals surface area contributed by atoms with Gasteiger partial charge in [-0.05, 0) is 36.5 Å². The fourth-order valence-electron chi connectivity index (χ4n) is 2.34. The van der Waals surface area contributed by atoms with Crippen LogP contribution in [0.2, 0.25) is 0 Å². The molecule has 0 saturated heterocycles. The van der Waals surface area contributed by atoms with Gasteiger partial charge < -0.3 is 20.3 Å². The molecule has 0 fully saturated rings. The molecular formula is C14H19N5OS. The van der Waals surface area contributed by atoms with Crippen molar-refractivity contribution in [1.82, 2.24) is 14.9 Å². The fraction of sp³-hybridized carbons (Fsp3) is 0.429. The van der Waals surface area contributed by atoms with Gasteiger partial charge in [-0.1, -0.05) is 0 Å². The SMILES string of the molecule is CN(C)C(CNc1ncnc2c1OCCN2)c1ccsc1. The third kappa shape index (κ3) is 3.08. The predicted octanol–water partition coefficient (Wildman–Crippen LogP) is 2.06. The number of rotatable bonds is 5. The van der Waals surface area contributed by atoms with Gasteiger partial charge in [0.25, 0.3) is 0 Å². The number of thiophene rings is 1. The van der Waals surface area contributed by atoms with Crippen LogP contribution in [0.25, 0.3) is 0 Å². The molecule has 0 bridgehead atoms. The normalized spacial score (nSPS) is 15.0. The molecule has 6 nitrogen and oxygen atoms in total. The lowest BCUT2D eigenvalue weighted by Gasteiger charge is -2.25. The van der Waals surface area contributed by atoms with Crippen LogP contribution in [0.5, 0.6) is 5.75 Å². The monoisotopic (exact) mass is 305 g/mol. The van der Waals surface area contributed by atoms with Crippen molar-refractivity contribution in [1.29, 1.82) is 0 Å². The van der Waals surface area contributed by atoms with Crippen LogP contribution in [-0.4, -0.2) is 48.7 Å². The second kappa shape index (κ2) is 6.28. The summed E-state index contributed by atoms with van der Waals surface area (Å²) in [5, 5.41) is 10.9. The Morgan fingerprint density at radius 3 is 3.14 bits per heavy atom. The zero-order valence-corrected chi connectivity index (χ0v) is 13.0. The Morgan fingerprint density at radius 2 is 2.38 bits per heavy atom. The van der Waals surface area contributed by atoms with Crippen LogP contribution in [0.15, 0.2) is 23.2 Å². The molecule has 2 N–H and O–H groups in total. The summed E-state index contributed by atoms with van der Waals surface area (Å²) in [5.41, 5.74) is 1.31. The minimum absolute atomic E-state index is 0.290. The standard InChI is InChI=1S/C14H19N5OS/c1-19(2)11(10-3-6-21-8-10)7-16-14-12-13(17-9-18-14)15-4-5-20-12/h3,6,8-9,11H,4-5,7H2,1-2H3,(H2,15,16,17,18). The molecule has 0 aliphatic carbocycles. The summed E-state index contributed by atoms with van der Waals surface area (Å²) in [7, 11) is 4.16. The number of ether oxygens (including phenoxy) is 1. The van der Waals surface area contributed by atoms with Crippen LogP contribution < -0.4 is 15.4 Å². The van der Waals surface area contributed by atoms with Crippen LogP contribution in [0.3, 0.4) is 0 Å². The maximum atomic E-state index is 5.68. The number of hydrogen-bond acceptors (Lipinski definition) is 7. The van der Waals surface area contributed by atoms with E-state index in [4.69, 9.17) is 4.74 Å². The lowest BCUT2D eigenvalue weighted by Crippen LogP contribution is -2.27. The number of aromatic nitrogens is 2. The van der Waals surface area contributed by atoms with Crippen molar-refractivity contribution in [3.05, 3.63) is 28.7 Å². The van der Waals surface area contributed by atoms with Crippen LogP contribution in [0.4, 0.5) is 11.6 Å². The van der Waals surface area contributed by atoms with Crippen molar-refractivity contribution in [2.45, 2.75) is 6.04 Å². The highest BCUT2D eigenvalue weighted by atomic mass is 32.1. The highest BCUT2D eigenvalue weighted by molar-refractivity contribution is 7.07. The number of nitrogens with one attached hydrogen (secondary N) is 2. The lowest BCUT2D eigenvalue weighted by atomic mass is 10.1. The molecule has 1 aliphatic heterocycles. The van der Waals surface area contributed by atoms with Crippen molar-refractivity contribution >= 4 is 23.0 Å². The van der Waals surface area contributed by atoms with E-state index in [0.29, 0.717) is 18.4 Å². The molecule has 7 heteroatoms. The Kier molecular flexibility index (Phi) is 4.21. The van der Waals surface area contributed by atoms with E-state index in [2.05, 4.69) is 56.4 Å². The zero-order valence-electron chi connectivity index (χ0n) is 12.2. The van der Waals surface area contributed by atoms with Gasteiger partial charge in [-0.2, -0.15) is 11.3 Å². The first-order valence-electron chi connectivity index (χ1n) is 6.90. The zero-order chi connectivity index (χ0) is 14.7. The molecule has 0 saturated carbocycles. The number of likely N-dealkylation sites (N-methyl/N-ethyl adjacent to an activating group) is 1. The van der Waals surface area contributed by atoms with Gasteiger partial charge >= 0.3 is 0 Å². The summed E-state index contributed by atoms with van der Waals surface area (Å²) in [5.74, 6) is 2.22. The van der Waals surface area contributed by atoms with Crippen molar-refractivity contribution in [2.75, 3.05) is 44.4 Å². The van der Waals surface area contributed by atoms with E-state index >= 15 is 0 Å². The second-order valence-electron chi connectivity index (χ2n) is 5.09. The van der Waals surface area contributed by atoms with Gasteiger partial charge in [-0.25, -0.2) is 9.97 Å². The Bertz CT molecular complexity index is 587. The second-order valence-corrected chi connectivity index (χ2v) is 5.87. The molecule has 3 heterocycles. The molecule has 21 heavy (non-hydrogen) atoms. The molecule has 2 aromatic heterocycles. The first-order valence-corrected chi connectivity index (χ1v) is 7.84. The average Bonchev–Trinajstić information content (AvgIpc) is 3.01. The topological polar surface area (TPSA) is 62.3 Å². The lowest BCUT2D eigenvalue weighted by molar-refractivity contribution is 0.308. The molecule has 112 valence electrons. The van der Waals surface area contributed by atoms with Crippen LogP contribution in [0, 0.1) is 0 Å². The summed E-state index contributed by atoms with van der Waals surface area (Å²) in [6.07, 6.45) is 1.55. The van der Waals surface area contributed by atoms with Gasteiger partial charge in [0, 0.05) is 6.54 Å². The molecule has 1 aliphatic rings. The van der Waals surface area contributed by atoms with Gasteiger partial charge in [0.2, 0.25) is 5.75 Å². The van der Waals surface area contributed by atoms with E-state index in [9.17, 15) is 0 Å². The summed E-state index contributed by atoms with van der Waals surface area (Å²) in [6.45, 7) is 2.17. The van der Waals surface area contributed by atoms with Gasteiger partial charge in [-0.3, -0.25) is 0 Å². The number of fused-ring (bicyclic) bond motifs is 1. The molecule has 0 spiro atoms. The van der Waals surface area contributed by atoms with Crippen molar-refractivity contribution in [2.24, 2.45) is 0 Å². The molecule has 0 aromatic carbocycles. The highest BCUT2D eigenvalue weighted by Gasteiger charge is 2.19. The number of nitrogens with zero attached hydrogens (tertiary/aromatic N) is 3. The summed E-state index contributed by atoms with van der Waals surface area (Å²) in [6, 6.07) is 2.45. The molecule has 2 aromatic rings. The average molecular weight is 305 g/mol. The maximum Gasteiger partial charge on any atom is 0.204 e. The van der Waals surface area contributed by atoms with E-state index in [1.165, 1.54) is 5.56 Å². The van der Waals surface area contributed by atoms with E-state index in [0.717, 1.165) is 24.7 Å². The summed E-state index contributed by atoms with van der Waals surface area (Å²) < 4.78 is 5.68. The van der Waals surface area contributed by atoms with E-state index in [1.807, 2.05) is 0 Å². The number of anilines is 2. The van der Waals surface area contributed by atoms with Crippen LogP contribution >= 0.6 is 11.3 Å². The third-order valence-corrected chi connectivity index (χ3v) is 4.16. The van der Waals surface area contributed by atoms with Crippen molar-refractivity contribution < 1.29 is 4.74 Å². The Balaban J connectivity index is 1.75. The molecule has 0 amide bonds. The summed E-state index contributed by atoms with van der Waals surface area (Å²) >= 11 is 1.72.